The molecule has 7 heteroatoms. The maximum absolute atomic E-state index is 12.2. The van der Waals surface area contributed by atoms with Crippen molar-refractivity contribution in [2.45, 2.75) is 46.6 Å². The van der Waals surface area contributed by atoms with Crippen molar-refractivity contribution in [3.63, 3.8) is 0 Å². The van der Waals surface area contributed by atoms with E-state index in [1.54, 1.807) is 0 Å². The number of likely N-dealkylation sites (tertiary alicyclic amines) is 1. The van der Waals surface area contributed by atoms with E-state index in [-0.39, 0.29) is 12.3 Å². The van der Waals surface area contributed by atoms with Gasteiger partial charge in [-0.2, -0.15) is 0 Å². The third-order valence-electron chi connectivity index (χ3n) is 4.58. The molecular weight excluding hydrogens is 324 g/mol. The number of thiazole rings is 1. The summed E-state index contributed by atoms with van der Waals surface area (Å²) in [6.45, 7) is 9.11. The average molecular weight is 348 g/mol. The Morgan fingerprint density at radius 2 is 2.17 bits per heavy atom. The van der Waals surface area contributed by atoms with Gasteiger partial charge in [-0.1, -0.05) is 12.1 Å². The van der Waals surface area contributed by atoms with Gasteiger partial charge in [-0.05, 0) is 45.7 Å². The highest BCUT2D eigenvalue weighted by Gasteiger charge is 2.18. The van der Waals surface area contributed by atoms with Gasteiger partial charge < -0.3 is 9.84 Å². The van der Waals surface area contributed by atoms with Gasteiger partial charge in [-0.3, -0.25) is 9.69 Å². The summed E-state index contributed by atoms with van der Waals surface area (Å²) >= 11 is 1.48. The van der Waals surface area contributed by atoms with Crippen molar-refractivity contribution in [3.8, 4) is 0 Å². The van der Waals surface area contributed by atoms with Gasteiger partial charge in [-0.25, -0.2) is 4.98 Å². The molecule has 0 spiro atoms. The minimum atomic E-state index is -0.0860. The van der Waals surface area contributed by atoms with Gasteiger partial charge in [0.25, 0.3) is 0 Å². The normalized spacial score (nSPS) is 16.5. The fourth-order valence-corrected chi connectivity index (χ4v) is 3.68. The second kappa shape index (κ2) is 7.44. The number of carbonyl (C=O) groups is 1. The molecule has 0 unspecified atom stereocenters. The van der Waals surface area contributed by atoms with Gasteiger partial charge in [0, 0.05) is 17.5 Å². The Labute approximate surface area is 146 Å². The maximum Gasteiger partial charge on any atom is 0.230 e. The van der Waals surface area contributed by atoms with Crippen molar-refractivity contribution in [3.05, 3.63) is 28.1 Å². The van der Waals surface area contributed by atoms with Crippen LogP contribution in [0.1, 0.15) is 42.5 Å². The second-order valence-electron chi connectivity index (χ2n) is 6.63. The first-order valence-electron chi connectivity index (χ1n) is 8.39. The zero-order valence-electron chi connectivity index (χ0n) is 14.5. The van der Waals surface area contributed by atoms with Crippen LogP contribution in [0.15, 0.2) is 9.90 Å². The Morgan fingerprint density at radius 1 is 1.42 bits per heavy atom. The Morgan fingerprint density at radius 3 is 2.83 bits per heavy atom. The standard InChI is InChI=1S/C17H24N4O2S/c1-11-4-6-21(7-5-11)9-14-10-24-17(18-14)19-16(22)8-15-12(2)20-23-13(15)3/h10-11H,4-9H2,1-3H3,(H,18,19,22). The van der Waals surface area contributed by atoms with Crippen LogP contribution < -0.4 is 5.32 Å². The lowest BCUT2D eigenvalue weighted by Crippen LogP contribution is -2.32. The Hall–Kier alpha value is -1.73. The summed E-state index contributed by atoms with van der Waals surface area (Å²) < 4.78 is 5.09. The Bertz CT molecular complexity index is 682. The summed E-state index contributed by atoms with van der Waals surface area (Å²) in [5.41, 5.74) is 2.65. The number of aromatic nitrogens is 2. The zero-order valence-corrected chi connectivity index (χ0v) is 15.3. The van der Waals surface area contributed by atoms with Gasteiger partial charge in [0.2, 0.25) is 5.91 Å². The Balaban J connectivity index is 1.53. The summed E-state index contributed by atoms with van der Waals surface area (Å²) in [5, 5.41) is 9.45. The number of piperidine rings is 1. The second-order valence-corrected chi connectivity index (χ2v) is 7.49. The van der Waals surface area contributed by atoms with Crippen LogP contribution >= 0.6 is 11.3 Å². The van der Waals surface area contributed by atoms with E-state index < -0.39 is 0 Å². The topological polar surface area (TPSA) is 71.3 Å². The van der Waals surface area contributed by atoms with Crippen LogP contribution in [0.4, 0.5) is 5.13 Å². The minimum absolute atomic E-state index is 0.0860. The molecule has 0 aromatic carbocycles. The molecule has 6 nitrogen and oxygen atoms in total. The van der Waals surface area contributed by atoms with Crippen molar-refractivity contribution < 1.29 is 9.32 Å². The van der Waals surface area contributed by atoms with Crippen molar-refractivity contribution >= 4 is 22.4 Å². The number of anilines is 1. The lowest BCUT2D eigenvalue weighted by Gasteiger charge is -2.29. The first kappa shape index (κ1) is 17.1. The molecule has 1 amide bonds. The molecule has 1 aliphatic rings. The van der Waals surface area contributed by atoms with Crippen molar-refractivity contribution in [2.24, 2.45) is 5.92 Å². The molecule has 3 rings (SSSR count). The Kier molecular flexibility index (Phi) is 5.30. The third kappa shape index (κ3) is 4.21. The number of rotatable bonds is 5. The number of carbonyl (C=O) groups excluding carboxylic acids is 1. The summed E-state index contributed by atoms with van der Waals surface area (Å²) in [5.74, 6) is 1.44. The molecule has 0 radical (unpaired) electrons. The monoisotopic (exact) mass is 348 g/mol. The molecule has 1 N–H and O–H groups in total. The van der Waals surface area contributed by atoms with Crippen LogP contribution in [0, 0.1) is 19.8 Å². The van der Waals surface area contributed by atoms with Gasteiger partial charge in [0.1, 0.15) is 5.76 Å². The van der Waals surface area contributed by atoms with Gasteiger partial charge >= 0.3 is 0 Å². The number of aryl methyl sites for hydroxylation is 2. The molecule has 24 heavy (non-hydrogen) atoms. The third-order valence-corrected chi connectivity index (χ3v) is 5.39. The fourth-order valence-electron chi connectivity index (χ4n) is 2.96. The largest absolute Gasteiger partial charge is 0.361 e. The average Bonchev–Trinajstić information content (AvgIpc) is 3.11. The van der Waals surface area contributed by atoms with E-state index in [1.165, 1.54) is 24.2 Å². The van der Waals surface area contributed by atoms with E-state index in [1.807, 2.05) is 19.2 Å². The summed E-state index contributed by atoms with van der Waals surface area (Å²) in [4.78, 5) is 19.2. The van der Waals surface area contributed by atoms with Crippen LogP contribution in [0.3, 0.4) is 0 Å². The molecule has 1 saturated heterocycles. The molecule has 130 valence electrons. The molecule has 0 saturated carbocycles. The van der Waals surface area contributed by atoms with Crippen LogP contribution in [-0.4, -0.2) is 34.0 Å². The van der Waals surface area contributed by atoms with E-state index >= 15 is 0 Å². The predicted molar refractivity (Wildman–Crippen MR) is 94.1 cm³/mol. The fraction of sp³-hybridized carbons (Fsp3) is 0.588. The zero-order chi connectivity index (χ0) is 17.1. The number of nitrogens with zero attached hydrogens (tertiary/aromatic N) is 3. The molecule has 0 bridgehead atoms. The maximum atomic E-state index is 12.2. The first-order valence-corrected chi connectivity index (χ1v) is 9.27. The number of hydrogen-bond donors (Lipinski definition) is 1. The molecule has 1 fully saturated rings. The van der Waals surface area contributed by atoms with E-state index in [9.17, 15) is 4.79 Å². The summed E-state index contributed by atoms with van der Waals surface area (Å²) in [6.07, 6.45) is 2.77. The van der Waals surface area contributed by atoms with Gasteiger partial charge in [-0.15, -0.1) is 11.3 Å². The summed E-state index contributed by atoms with van der Waals surface area (Å²) in [7, 11) is 0. The van der Waals surface area contributed by atoms with Crippen LogP contribution in [-0.2, 0) is 17.8 Å². The van der Waals surface area contributed by atoms with Crippen LogP contribution in [0.2, 0.25) is 0 Å². The molecular formula is C17H24N4O2S. The van der Waals surface area contributed by atoms with Crippen molar-refractivity contribution in [1.82, 2.24) is 15.0 Å². The summed E-state index contributed by atoms with van der Waals surface area (Å²) in [6, 6.07) is 0. The van der Waals surface area contributed by atoms with E-state index in [4.69, 9.17) is 4.52 Å². The molecule has 2 aromatic heterocycles. The van der Waals surface area contributed by atoms with Crippen molar-refractivity contribution in [2.75, 3.05) is 18.4 Å². The lowest BCUT2D eigenvalue weighted by atomic mass is 9.99. The van der Waals surface area contributed by atoms with E-state index in [0.717, 1.165) is 42.5 Å². The quantitative estimate of drug-likeness (QED) is 0.899. The lowest BCUT2D eigenvalue weighted by molar-refractivity contribution is -0.115. The number of nitrogens with one attached hydrogen (secondary N) is 1. The minimum Gasteiger partial charge on any atom is -0.361 e. The highest BCUT2D eigenvalue weighted by Crippen LogP contribution is 2.21. The molecule has 0 atom stereocenters. The first-order chi connectivity index (χ1) is 11.5. The van der Waals surface area contributed by atoms with E-state index in [0.29, 0.717) is 10.9 Å². The SMILES string of the molecule is Cc1noc(C)c1CC(=O)Nc1nc(CN2CCC(C)CC2)cs1. The van der Waals surface area contributed by atoms with E-state index in [2.05, 4.69) is 27.3 Å². The highest BCUT2D eigenvalue weighted by atomic mass is 32.1. The number of hydrogen-bond acceptors (Lipinski definition) is 6. The highest BCUT2D eigenvalue weighted by molar-refractivity contribution is 7.13. The number of amides is 1. The van der Waals surface area contributed by atoms with Crippen molar-refractivity contribution in [1.29, 1.82) is 0 Å². The molecule has 1 aliphatic heterocycles. The van der Waals surface area contributed by atoms with Gasteiger partial charge in [0.05, 0.1) is 17.8 Å². The smallest absolute Gasteiger partial charge is 0.230 e. The molecule has 3 heterocycles. The van der Waals surface area contributed by atoms with Crippen LogP contribution in [0.5, 0.6) is 0 Å². The van der Waals surface area contributed by atoms with Gasteiger partial charge in [0.15, 0.2) is 5.13 Å². The predicted octanol–water partition coefficient (Wildman–Crippen LogP) is 3.16. The van der Waals surface area contributed by atoms with Crippen LogP contribution in [0.25, 0.3) is 0 Å². The molecule has 0 aliphatic carbocycles. The molecule has 2 aromatic rings.